The minimum absolute atomic E-state index is 0.0740. The lowest BCUT2D eigenvalue weighted by Crippen LogP contribution is -2.53. The predicted molar refractivity (Wildman–Crippen MR) is 107 cm³/mol. The summed E-state index contributed by atoms with van der Waals surface area (Å²) in [7, 11) is 1.52. The third-order valence-electron chi connectivity index (χ3n) is 4.97. The molecule has 9 heteroatoms. The van der Waals surface area contributed by atoms with E-state index in [0.29, 0.717) is 30.3 Å². The lowest BCUT2D eigenvalue weighted by atomic mass is 10.1. The Labute approximate surface area is 172 Å². The molecule has 1 N–H and O–H groups in total. The van der Waals surface area contributed by atoms with E-state index in [0.717, 1.165) is 23.7 Å². The van der Waals surface area contributed by atoms with E-state index < -0.39 is 17.8 Å². The Hall–Kier alpha value is -3.59. The summed E-state index contributed by atoms with van der Waals surface area (Å²) in [6.07, 6.45) is 2.88. The summed E-state index contributed by atoms with van der Waals surface area (Å²) in [6, 6.07) is 8.06. The summed E-state index contributed by atoms with van der Waals surface area (Å²) in [5, 5.41) is 2.20. The van der Waals surface area contributed by atoms with Gasteiger partial charge in [-0.15, -0.1) is 0 Å². The largest absolute Gasteiger partial charge is 0.496 e. The molecule has 0 unspecified atom stereocenters. The molecule has 9 nitrogen and oxygen atoms in total. The van der Waals surface area contributed by atoms with E-state index in [4.69, 9.17) is 13.9 Å². The summed E-state index contributed by atoms with van der Waals surface area (Å²) >= 11 is 0. The second-order valence-electron chi connectivity index (χ2n) is 6.81. The zero-order chi connectivity index (χ0) is 21.1. The number of hydrogen-bond donors (Lipinski definition) is 1. The Morgan fingerprint density at radius 1 is 1.17 bits per heavy atom. The summed E-state index contributed by atoms with van der Waals surface area (Å²) < 4.78 is 16.1. The van der Waals surface area contributed by atoms with Crippen LogP contribution in [0.1, 0.15) is 11.3 Å². The molecule has 2 aliphatic rings. The van der Waals surface area contributed by atoms with Gasteiger partial charge >= 0.3 is 6.03 Å². The highest BCUT2D eigenvalue weighted by atomic mass is 16.5. The summed E-state index contributed by atoms with van der Waals surface area (Å²) in [6.45, 7) is 2.78. The average Bonchev–Trinajstić information content (AvgIpc) is 3.28. The molecular weight excluding hydrogens is 390 g/mol. The quantitative estimate of drug-likeness (QED) is 0.591. The van der Waals surface area contributed by atoms with Crippen LogP contribution in [0.3, 0.4) is 0 Å². The van der Waals surface area contributed by atoms with E-state index in [9.17, 15) is 14.4 Å². The van der Waals surface area contributed by atoms with Crippen molar-refractivity contribution in [3.8, 4) is 5.75 Å². The van der Waals surface area contributed by atoms with Crippen molar-refractivity contribution in [3.05, 3.63) is 53.5 Å². The first-order valence-electron chi connectivity index (χ1n) is 9.49. The Kier molecular flexibility index (Phi) is 5.53. The van der Waals surface area contributed by atoms with Gasteiger partial charge in [0.15, 0.2) is 0 Å². The van der Waals surface area contributed by atoms with Gasteiger partial charge in [-0.25, -0.2) is 4.79 Å². The molecule has 0 spiro atoms. The zero-order valence-electron chi connectivity index (χ0n) is 16.4. The van der Waals surface area contributed by atoms with Crippen LogP contribution in [-0.4, -0.2) is 56.2 Å². The van der Waals surface area contributed by atoms with Crippen LogP contribution in [0.15, 0.2) is 46.6 Å². The lowest BCUT2D eigenvalue weighted by molar-refractivity contribution is -0.130. The van der Waals surface area contributed by atoms with E-state index in [1.807, 2.05) is 12.1 Å². The number of barbiturate groups is 1. The number of morpholine rings is 1. The fraction of sp³-hybridized carbons (Fsp3) is 0.286. The number of hydrogen-bond acceptors (Lipinski definition) is 7. The van der Waals surface area contributed by atoms with Crippen LogP contribution in [0.5, 0.6) is 5.75 Å². The number of urea groups is 1. The minimum atomic E-state index is -0.784. The number of nitrogens with zero attached hydrogens (tertiary/aromatic N) is 2. The highest BCUT2D eigenvalue weighted by Gasteiger charge is 2.36. The topological polar surface area (TPSA) is 101 Å². The molecular formula is C21H21N3O6. The molecule has 0 saturated carbocycles. The van der Waals surface area contributed by atoms with Crippen LogP contribution in [-0.2, 0) is 20.9 Å². The highest BCUT2D eigenvalue weighted by Crippen LogP contribution is 2.29. The van der Waals surface area contributed by atoms with Gasteiger partial charge in [-0.1, -0.05) is 0 Å². The van der Waals surface area contributed by atoms with Crippen molar-refractivity contribution in [1.29, 1.82) is 0 Å². The number of ether oxygens (including phenoxy) is 2. The normalized spacial score (nSPS) is 18.7. The smallest absolute Gasteiger partial charge is 0.331 e. The van der Waals surface area contributed by atoms with Crippen molar-refractivity contribution in [2.75, 3.05) is 38.3 Å². The molecule has 1 aromatic carbocycles. The van der Waals surface area contributed by atoms with Gasteiger partial charge in [-0.05, 0) is 30.3 Å². The number of imide groups is 2. The second kappa shape index (κ2) is 8.42. The van der Waals surface area contributed by atoms with Crippen LogP contribution < -0.4 is 15.0 Å². The van der Waals surface area contributed by atoms with Crippen molar-refractivity contribution in [3.63, 3.8) is 0 Å². The SMILES string of the molecule is COc1cc(N2CCOCC2)ccc1/C=C1/C(=O)NC(=O)N(Cc2ccco2)C1=O. The molecule has 30 heavy (non-hydrogen) atoms. The molecule has 1 aromatic heterocycles. The van der Waals surface area contributed by atoms with Gasteiger partial charge in [-0.3, -0.25) is 19.8 Å². The maximum atomic E-state index is 12.9. The number of methoxy groups -OCH3 is 1. The Morgan fingerprint density at radius 3 is 2.67 bits per heavy atom. The Balaban J connectivity index is 1.62. The maximum Gasteiger partial charge on any atom is 0.331 e. The van der Waals surface area contributed by atoms with Gasteiger partial charge in [0, 0.05) is 30.4 Å². The van der Waals surface area contributed by atoms with Gasteiger partial charge in [0.05, 0.1) is 33.1 Å². The van der Waals surface area contributed by atoms with Crippen LogP contribution in [0.4, 0.5) is 10.5 Å². The average molecular weight is 411 g/mol. The first-order valence-corrected chi connectivity index (χ1v) is 9.49. The predicted octanol–water partition coefficient (Wildman–Crippen LogP) is 1.79. The van der Waals surface area contributed by atoms with E-state index in [2.05, 4.69) is 10.2 Å². The number of rotatable bonds is 5. The molecule has 2 aromatic rings. The van der Waals surface area contributed by atoms with Gasteiger partial charge in [-0.2, -0.15) is 0 Å². The molecule has 4 amide bonds. The third-order valence-corrected chi connectivity index (χ3v) is 4.97. The number of benzene rings is 1. The molecule has 0 bridgehead atoms. The summed E-state index contributed by atoms with van der Waals surface area (Å²) in [5.41, 5.74) is 1.37. The molecule has 4 rings (SSSR count). The molecule has 2 aliphatic heterocycles. The molecule has 0 atom stereocenters. The molecule has 2 fully saturated rings. The zero-order valence-corrected chi connectivity index (χ0v) is 16.4. The number of nitrogens with one attached hydrogen (secondary N) is 1. The summed E-state index contributed by atoms with van der Waals surface area (Å²) in [4.78, 5) is 40.5. The van der Waals surface area contributed by atoms with Crippen molar-refractivity contribution in [2.45, 2.75) is 6.54 Å². The molecule has 0 radical (unpaired) electrons. The van der Waals surface area contributed by atoms with Crippen LogP contribution in [0.2, 0.25) is 0 Å². The first kappa shape index (κ1) is 19.7. The molecule has 3 heterocycles. The van der Waals surface area contributed by atoms with Crippen LogP contribution >= 0.6 is 0 Å². The number of anilines is 1. The Bertz CT molecular complexity index is 992. The lowest BCUT2D eigenvalue weighted by Gasteiger charge is -2.29. The first-order chi connectivity index (χ1) is 14.6. The number of carbonyl (C=O) groups is 3. The van der Waals surface area contributed by atoms with E-state index in [1.54, 1.807) is 18.2 Å². The van der Waals surface area contributed by atoms with Gasteiger partial charge < -0.3 is 18.8 Å². The number of carbonyl (C=O) groups excluding carboxylic acids is 3. The highest BCUT2D eigenvalue weighted by molar-refractivity contribution is 6.31. The third kappa shape index (κ3) is 3.92. The van der Waals surface area contributed by atoms with Crippen molar-refractivity contribution >= 4 is 29.6 Å². The van der Waals surface area contributed by atoms with Gasteiger partial charge in [0.2, 0.25) is 0 Å². The minimum Gasteiger partial charge on any atom is -0.496 e. The fourth-order valence-corrected chi connectivity index (χ4v) is 3.39. The fourth-order valence-electron chi connectivity index (χ4n) is 3.39. The van der Waals surface area contributed by atoms with Gasteiger partial charge in [0.25, 0.3) is 11.8 Å². The Morgan fingerprint density at radius 2 is 1.97 bits per heavy atom. The second-order valence-corrected chi connectivity index (χ2v) is 6.81. The van der Waals surface area contributed by atoms with Crippen molar-refractivity contribution in [2.24, 2.45) is 0 Å². The molecule has 156 valence electrons. The van der Waals surface area contributed by atoms with E-state index >= 15 is 0 Å². The monoisotopic (exact) mass is 411 g/mol. The maximum absolute atomic E-state index is 12.9. The number of amides is 4. The van der Waals surface area contributed by atoms with Crippen LogP contribution in [0.25, 0.3) is 6.08 Å². The van der Waals surface area contributed by atoms with Crippen molar-refractivity contribution < 1.29 is 28.3 Å². The van der Waals surface area contributed by atoms with Crippen LogP contribution in [0, 0.1) is 0 Å². The molecule has 0 aliphatic carbocycles. The summed E-state index contributed by atoms with van der Waals surface area (Å²) in [5.74, 6) is -0.499. The molecule has 2 saturated heterocycles. The standard InChI is InChI=1S/C21H21N3O6/c1-28-18-12-15(23-6-9-29-10-7-23)5-4-14(18)11-17-19(25)22-21(27)24(20(17)26)13-16-3-2-8-30-16/h2-5,8,11-12H,6-7,9-10,13H2,1H3,(H,22,25,27)/b17-11-. The van der Waals surface area contributed by atoms with Crippen molar-refractivity contribution in [1.82, 2.24) is 10.2 Å². The van der Waals surface area contributed by atoms with Gasteiger partial charge in [0.1, 0.15) is 17.1 Å². The number of furan rings is 1. The van der Waals surface area contributed by atoms with E-state index in [-0.39, 0.29) is 12.1 Å². The van der Waals surface area contributed by atoms with E-state index in [1.165, 1.54) is 19.4 Å².